The molecule has 1 N–H and O–H groups in total. The Morgan fingerprint density at radius 2 is 1.88 bits per heavy atom. The Morgan fingerprint density at radius 1 is 1.15 bits per heavy atom. The maximum Gasteiger partial charge on any atom is 0.253 e. The van der Waals surface area contributed by atoms with Crippen LogP contribution in [0.15, 0.2) is 54.6 Å². The first-order valence-electron chi connectivity index (χ1n) is 9.03. The summed E-state index contributed by atoms with van der Waals surface area (Å²) in [5.41, 5.74) is 3.32. The van der Waals surface area contributed by atoms with Crippen LogP contribution in [0.5, 0.6) is 0 Å². The number of amides is 1. The number of hydrogen-bond acceptors (Lipinski definition) is 4. The lowest BCUT2D eigenvalue weighted by Gasteiger charge is -2.59. The van der Waals surface area contributed by atoms with Gasteiger partial charge in [-0.25, -0.2) is 0 Å². The predicted molar refractivity (Wildman–Crippen MR) is 100 cm³/mol. The van der Waals surface area contributed by atoms with Crippen LogP contribution in [0.2, 0.25) is 0 Å². The molecule has 0 saturated carbocycles. The number of carbonyl (C=O) groups excluding carboxylic acids is 1. The summed E-state index contributed by atoms with van der Waals surface area (Å²) in [6, 6.07) is 18.6. The summed E-state index contributed by atoms with van der Waals surface area (Å²) in [6.07, 6.45) is 0. The molecule has 1 amide bonds. The van der Waals surface area contributed by atoms with Gasteiger partial charge >= 0.3 is 0 Å². The molecule has 0 spiro atoms. The Bertz CT molecular complexity index is 780. The highest BCUT2D eigenvalue weighted by atomic mass is 16.5. The molecule has 2 aromatic rings. The highest BCUT2D eigenvalue weighted by Gasteiger charge is 2.52. The van der Waals surface area contributed by atoms with Crippen molar-refractivity contribution in [1.29, 1.82) is 0 Å². The van der Waals surface area contributed by atoms with Gasteiger partial charge in [-0.3, -0.25) is 9.69 Å². The zero-order chi connectivity index (χ0) is 18.1. The molecule has 26 heavy (non-hydrogen) atoms. The lowest BCUT2D eigenvalue weighted by Crippen LogP contribution is -2.68. The van der Waals surface area contributed by atoms with E-state index in [-0.39, 0.29) is 37.1 Å². The summed E-state index contributed by atoms with van der Waals surface area (Å²) in [4.78, 5) is 16.7. The van der Waals surface area contributed by atoms with Crippen LogP contribution in [-0.2, 0) is 16.1 Å². The molecule has 1 fully saturated rings. The molecule has 0 aliphatic carbocycles. The van der Waals surface area contributed by atoms with Crippen molar-refractivity contribution in [3.8, 4) is 0 Å². The molecule has 0 unspecified atom stereocenters. The van der Waals surface area contributed by atoms with Crippen molar-refractivity contribution in [2.45, 2.75) is 24.5 Å². The number of anilines is 1. The topological polar surface area (TPSA) is 53.0 Å². The Hall–Kier alpha value is -2.21. The molecule has 0 aromatic heterocycles. The standard InChI is InChI=1S/C21H24N2O3/c1-26-14-20(25)23-12-18-21(16-9-5-6-10-17(16)23)19(13-24)22(18)11-15-7-3-2-4-8-15/h2-10,18-19,21,24H,11-14H2,1H3/t18-,19-,21+/m1/s1. The van der Waals surface area contributed by atoms with Crippen LogP contribution in [0, 0.1) is 0 Å². The minimum Gasteiger partial charge on any atom is -0.395 e. The van der Waals surface area contributed by atoms with Gasteiger partial charge in [0.25, 0.3) is 5.91 Å². The second-order valence-corrected chi connectivity index (χ2v) is 7.00. The molecule has 0 radical (unpaired) electrons. The van der Waals surface area contributed by atoms with E-state index < -0.39 is 0 Å². The normalized spacial score (nSPS) is 24.5. The van der Waals surface area contributed by atoms with Gasteiger partial charge in [0.2, 0.25) is 0 Å². The van der Waals surface area contributed by atoms with Crippen LogP contribution in [0.1, 0.15) is 17.0 Å². The third-order valence-electron chi connectivity index (χ3n) is 5.60. The van der Waals surface area contributed by atoms with Crippen molar-refractivity contribution >= 4 is 11.6 Å². The number of hydrogen-bond donors (Lipinski definition) is 1. The second kappa shape index (κ2) is 7.19. The van der Waals surface area contributed by atoms with E-state index in [0.717, 1.165) is 17.8 Å². The lowest BCUT2D eigenvalue weighted by molar-refractivity contribution is -0.123. The molecule has 0 bridgehead atoms. The maximum absolute atomic E-state index is 12.6. The fourth-order valence-electron chi connectivity index (χ4n) is 4.43. The number of aliphatic hydroxyl groups excluding tert-OH is 1. The summed E-state index contributed by atoms with van der Waals surface area (Å²) in [5.74, 6) is 0.233. The van der Waals surface area contributed by atoms with Crippen molar-refractivity contribution in [2.75, 3.05) is 31.8 Å². The highest BCUT2D eigenvalue weighted by molar-refractivity contribution is 5.96. The minimum atomic E-state index is -0.0227. The second-order valence-electron chi connectivity index (χ2n) is 7.00. The zero-order valence-electron chi connectivity index (χ0n) is 14.9. The fourth-order valence-corrected chi connectivity index (χ4v) is 4.43. The van der Waals surface area contributed by atoms with Gasteiger partial charge in [0.1, 0.15) is 6.61 Å². The van der Waals surface area contributed by atoms with E-state index in [1.54, 1.807) is 7.11 Å². The van der Waals surface area contributed by atoms with Gasteiger partial charge < -0.3 is 14.7 Å². The van der Waals surface area contributed by atoms with Crippen LogP contribution in [-0.4, -0.2) is 54.9 Å². The maximum atomic E-state index is 12.6. The average Bonchev–Trinajstić information content (AvgIpc) is 2.67. The number of aliphatic hydroxyl groups is 1. The molecular formula is C21H24N2O3. The van der Waals surface area contributed by atoms with E-state index in [9.17, 15) is 9.90 Å². The molecule has 1 saturated heterocycles. The minimum absolute atomic E-state index is 0.0227. The molecule has 2 aliphatic heterocycles. The van der Waals surface area contributed by atoms with Crippen molar-refractivity contribution in [2.24, 2.45) is 0 Å². The van der Waals surface area contributed by atoms with E-state index in [1.165, 1.54) is 5.56 Å². The molecular weight excluding hydrogens is 328 g/mol. The first-order chi connectivity index (χ1) is 12.7. The first kappa shape index (κ1) is 17.2. The van der Waals surface area contributed by atoms with Gasteiger partial charge in [-0.1, -0.05) is 48.5 Å². The van der Waals surface area contributed by atoms with Crippen molar-refractivity contribution < 1.29 is 14.6 Å². The zero-order valence-corrected chi connectivity index (χ0v) is 14.9. The molecule has 5 nitrogen and oxygen atoms in total. The summed E-state index contributed by atoms with van der Waals surface area (Å²) in [5, 5.41) is 10.0. The summed E-state index contributed by atoms with van der Waals surface area (Å²) in [7, 11) is 1.55. The predicted octanol–water partition coefficient (Wildman–Crippen LogP) is 2.01. The number of ether oxygens (including phenoxy) is 1. The Balaban J connectivity index is 1.65. The molecule has 2 heterocycles. The third kappa shape index (κ3) is 2.82. The number of fused-ring (bicyclic) bond motifs is 3. The number of rotatable bonds is 5. The summed E-state index contributed by atoms with van der Waals surface area (Å²) >= 11 is 0. The van der Waals surface area contributed by atoms with E-state index in [0.29, 0.717) is 6.54 Å². The summed E-state index contributed by atoms with van der Waals surface area (Å²) in [6.45, 7) is 1.61. The largest absolute Gasteiger partial charge is 0.395 e. The fraction of sp³-hybridized carbons (Fsp3) is 0.381. The van der Waals surface area contributed by atoms with Gasteiger partial charge in [-0.2, -0.15) is 0 Å². The number of nitrogens with zero attached hydrogens (tertiary/aromatic N) is 2. The first-order valence-corrected chi connectivity index (χ1v) is 9.03. The molecule has 136 valence electrons. The molecule has 3 atom stereocenters. The Morgan fingerprint density at radius 3 is 2.62 bits per heavy atom. The van der Waals surface area contributed by atoms with Gasteiger partial charge in [0.05, 0.1) is 6.61 Å². The van der Waals surface area contributed by atoms with E-state index in [2.05, 4.69) is 23.1 Å². The number of benzene rings is 2. The van der Waals surface area contributed by atoms with Crippen molar-refractivity contribution in [3.05, 3.63) is 65.7 Å². The van der Waals surface area contributed by atoms with Crippen molar-refractivity contribution in [3.63, 3.8) is 0 Å². The van der Waals surface area contributed by atoms with Crippen LogP contribution >= 0.6 is 0 Å². The highest BCUT2D eigenvalue weighted by Crippen LogP contribution is 2.48. The monoisotopic (exact) mass is 352 g/mol. The van der Waals surface area contributed by atoms with Crippen LogP contribution in [0.4, 0.5) is 5.69 Å². The van der Waals surface area contributed by atoms with Crippen LogP contribution < -0.4 is 4.90 Å². The Labute approximate surface area is 153 Å². The van der Waals surface area contributed by atoms with Gasteiger partial charge in [-0.05, 0) is 17.2 Å². The number of methoxy groups -OCH3 is 1. The molecule has 2 aliphatic rings. The number of para-hydroxylation sites is 1. The number of likely N-dealkylation sites (tertiary alicyclic amines) is 1. The smallest absolute Gasteiger partial charge is 0.253 e. The third-order valence-corrected chi connectivity index (χ3v) is 5.60. The molecule has 4 rings (SSSR count). The van der Waals surface area contributed by atoms with Gasteiger partial charge in [0, 0.05) is 43.9 Å². The van der Waals surface area contributed by atoms with E-state index >= 15 is 0 Å². The quantitative estimate of drug-likeness (QED) is 0.894. The van der Waals surface area contributed by atoms with Crippen LogP contribution in [0.25, 0.3) is 0 Å². The Kier molecular flexibility index (Phi) is 4.76. The average molecular weight is 352 g/mol. The SMILES string of the molecule is COCC(=O)N1C[C@@H]2[C@H](c3ccccc31)[C@@H](CO)N2Cc1ccccc1. The number of carbonyl (C=O) groups is 1. The summed E-state index contributed by atoms with van der Waals surface area (Å²) < 4.78 is 5.07. The van der Waals surface area contributed by atoms with E-state index in [4.69, 9.17) is 4.74 Å². The molecule has 2 aromatic carbocycles. The van der Waals surface area contributed by atoms with Crippen LogP contribution in [0.3, 0.4) is 0 Å². The van der Waals surface area contributed by atoms with Crippen molar-refractivity contribution in [1.82, 2.24) is 4.90 Å². The lowest BCUT2D eigenvalue weighted by atomic mass is 9.71. The van der Waals surface area contributed by atoms with Gasteiger partial charge in [-0.15, -0.1) is 0 Å². The van der Waals surface area contributed by atoms with E-state index in [1.807, 2.05) is 41.3 Å². The molecule has 5 heteroatoms. The van der Waals surface area contributed by atoms with Gasteiger partial charge in [0.15, 0.2) is 0 Å².